The van der Waals surface area contributed by atoms with Crippen LogP contribution in [-0.2, 0) is 4.79 Å². The maximum atomic E-state index is 13.1. The highest BCUT2D eigenvalue weighted by Crippen LogP contribution is 2.22. The molecule has 2 aromatic rings. The van der Waals surface area contributed by atoms with Crippen LogP contribution in [0.5, 0.6) is 0 Å². The van der Waals surface area contributed by atoms with Crippen molar-refractivity contribution in [1.29, 1.82) is 0 Å². The fourth-order valence-electron chi connectivity index (χ4n) is 3.89. The van der Waals surface area contributed by atoms with Crippen molar-refractivity contribution in [3.8, 4) is 0 Å². The largest absolute Gasteiger partial charge is 0.459 e. The number of hydrogen-bond donors (Lipinski definition) is 0. The van der Waals surface area contributed by atoms with E-state index in [9.17, 15) is 14.4 Å². The first kappa shape index (κ1) is 19.9. The highest BCUT2D eigenvalue weighted by Gasteiger charge is 2.29. The van der Waals surface area contributed by atoms with Gasteiger partial charge in [-0.25, -0.2) is 4.98 Å². The van der Waals surface area contributed by atoms with Gasteiger partial charge < -0.3 is 24.0 Å². The lowest BCUT2D eigenvalue weighted by molar-refractivity contribution is -0.130. The SMILES string of the molecule is CC(=O)N1CCN(C(=O)c2cccnc2N2CCN(C(=O)c3ccco3)CC2)CC1. The monoisotopic (exact) mass is 411 g/mol. The smallest absolute Gasteiger partial charge is 0.289 e. The number of hydrogen-bond acceptors (Lipinski definition) is 6. The normalized spacial score (nSPS) is 17.2. The third-order valence-electron chi connectivity index (χ3n) is 5.63. The van der Waals surface area contributed by atoms with Crippen LogP contribution in [-0.4, -0.2) is 89.8 Å². The molecule has 2 aromatic heterocycles. The molecule has 0 aromatic carbocycles. The number of aromatic nitrogens is 1. The Morgan fingerprint density at radius 1 is 0.833 bits per heavy atom. The molecular weight excluding hydrogens is 386 g/mol. The van der Waals surface area contributed by atoms with E-state index in [1.54, 1.807) is 52.1 Å². The summed E-state index contributed by atoms with van der Waals surface area (Å²) < 4.78 is 5.21. The Balaban J connectivity index is 1.42. The van der Waals surface area contributed by atoms with Crippen molar-refractivity contribution in [2.75, 3.05) is 57.3 Å². The van der Waals surface area contributed by atoms with E-state index in [0.29, 0.717) is 69.5 Å². The lowest BCUT2D eigenvalue weighted by Gasteiger charge is -2.37. The summed E-state index contributed by atoms with van der Waals surface area (Å²) in [5.41, 5.74) is 0.555. The van der Waals surface area contributed by atoms with E-state index >= 15 is 0 Å². The zero-order valence-corrected chi connectivity index (χ0v) is 17.0. The van der Waals surface area contributed by atoms with Crippen LogP contribution in [0.1, 0.15) is 27.8 Å². The van der Waals surface area contributed by atoms with Crippen LogP contribution in [0.4, 0.5) is 5.82 Å². The predicted molar refractivity (Wildman–Crippen MR) is 109 cm³/mol. The first-order chi connectivity index (χ1) is 14.5. The van der Waals surface area contributed by atoms with Gasteiger partial charge in [0.1, 0.15) is 5.82 Å². The second-order valence-electron chi connectivity index (χ2n) is 7.43. The Morgan fingerprint density at radius 3 is 2.10 bits per heavy atom. The van der Waals surface area contributed by atoms with Crippen molar-refractivity contribution in [3.05, 3.63) is 48.0 Å². The molecule has 3 amide bonds. The summed E-state index contributed by atoms with van der Waals surface area (Å²) >= 11 is 0. The number of nitrogens with zero attached hydrogens (tertiary/aromatic N) is 5. The van der Waals surface area contributed by atoms with Gasteiger partial charge in [0, 0.05) is 65.5 Å². The van der Waals surface area contributed by atoms with Gasteiger partial charge in [-0.2, -0.15) is 0 Å². The number of carbonyl (C=O) groups is 3. The molecule has 2 saturated heterocycles. The minimum atomic E-state index is -0.125. The topological polar surface area (TPSA) is 90.2 Å². The highest BCUT2D eigenvalue weighted by atomic mass is 16.3. The van der Waals surface area contributed by atoms with Gasteiger partial charge >= 0.3 is 0 Å². The molecule has 0 N–H and O–H groups in total. The second-order valence-corrected chi connectivity index (χ2v) is 7.43. The van der Waals surface area contributed by atoms with Gasteiger partial charge in [-0.15, -0.1) is 0 Å². The Kier molecular flexibility index (Phi) is 5.69. The van der Waals surface area contributed by atoms with Crippen molar-refractivity contribution < 1.29 is 18.8 Å². The Bertz CT molecular complexity index is 913. The molecule has 2 fully saturated rings. The Labute approximate surface area is 174 Å². The molecule has 9 heteroatoms. The zero-order chi connectivity index (χ0) is 21.1. The molecule has 0 unspecified atom stereocenters. The van der Waals surface area contributed by atoms with Crippen LogP contribution < -0.4 is 4.90 Å². The van der Waals surface area contributed by atoms with E-state index in [1.807, 2.05) is 4.90 Å². The van der Waals surface area contributed by atoms with Gasteiger partial charge in [0.15, 0.2) is 5.76 Å². The van der Waals surface area contributed by atoms with E-state index < -0.39 is 0 Å². The molecular formula is C21H25N5O4. The van der Waals surface area contributed by atoms with E-state index in [0.717, 1.165) is 0 Å². The van der Waals surface area contributed by atoms with Gasteiger partial charge in [0.2, 0.25) is 5.91 Å². The summed E-state index contributed by atoms with van der Waals surface area (Å²) in [6, 6.07) is 6.92. The van der Waals surface area contributed by atoms with E-state index in [4.69, 9.17) is 4.42 Å². The Morgan fingerprint density at radius 2 is 1.47 bits per heavy atom. The summed E-state index contributed by atoms with van der Waals surface area (Å²) in [6.07, 6.45) is 3.17. The van der Waals surface area contributed by atoms with Crippen molar-refractivity contribution in [1.82, 2.24) is 19.7 Å². The number of piperazine rings is 2. The summed E-state index contributed by atoms with van der Waals surface area (Å²) in [4.78, 5) is 48.9. The third-order valence-corrected chi connectivity index (χ3v) is 5.63. The van der Waals surface area contributed by atoms with Crippen molar-refractivity contribution in [3.63, 3.8) is 0 Å². The molecule has 0 atom stereocenters. The molecule has 158 valence electrons. The average Bonchev–Trinajstić information content (AvgIpc) is 3.33. The van der Waals surface area contributed by atoms with Crippen molar-refractivity contribution >= 4 is 23.5 Å². The standard InChI is InChI=1S/C21H25N5O4/c1-16(27)23-7-11-25(12-8-23)20(28)17-4-2-6-22-19(17)24-9-13-26(14-10-24)21(29)18-5-3-15-30-18/h2-6,15H,7-14H2,1H3. The summed E-state index contributed by atoms with van der Waals surface area (Å²) in [6.45, 7) is 5.89. The van der Waals surface area contributed by atoms with Crippen LogP contribution in [0.25, 0.3) is 0 Å². The highest BCUT2D eigenvalue weighted by molar-refractivity contribution is 5.99. The van der Waals surface area contributed by atoms with Crippen molar-refractivity contribution in [2.45, 2.75) is 6.92 Å². The molecule has 0 aliphatic carbocycles. The summed E-state index contributed by atoms with van der Waals surface area (Å²) in [5, 5.41) is 0. The molecule has 30 heavy (non-hydrogen) atoms. The van der Waals surface area contributed by atoms with Gasteiger partial charge in [-0.3, -0.25) is 14.4 Å². The molecule has 0 radical (unpaired) electrons. The lowest BCUT2D eigenvalue weighted by atomic mass is 10.1. The minimum Gasteiger partial charge on any atom is -0.459 e. The number of furan rings is 1. The number of anilines is 1. The quantitative estimate of drug-likeness (QED) is 0.747. The molecule has 0 bridgehead atoms. The van der Waals surface area contributed by atoms with Crippen molar-refractivity contribution in [2.24, 2.45) is 0 Å². The van der Waals surface area contributed by atoms with Gasteiger partial charge in [-0.1, -0.05) is 0 Å². The fourth-order valence-corrected chi connectivity index (χ4v) is 3.89. The number of amides is 3. The molecule has 4 heterocycles. The zero-order valence-electron chi connectivity index (χ0n) is 17.0. The predicted octanol–water partition coefficient (Wildman–Crippen LogP) is 0.941. The van der Waals surface area contributed by atoms with E-state index in [-0.39, 0.29) is 17.7 Å². The number of rotatable bonds is 3. The lowest BCUT2D eigenvalue weighted by Crippen LogP contribution is -2.51. The second kappa shape index (κ2) is 8.56. The Hall–Kier alpha value is -3.36. The maximum Gasteiger partial charge on any atom is 0.289 e. The van der Waals surface area contributed by atoms with E-state index in [2.05, 4.69) is 4.98 Å². The molecule has 0 spiro atoms. The van der Waals surface area contributed by atoms with Gasteiger partial charge in [0.25, 0.3) is 11.8 Å². The van der Waals surface area contributed by atoms with Crippen LogP contribution in [0.2, 0.25) is 0 Å². The molecule has 2 aliphatic rings. The minimum absolute atomic E-state index is 0.0335. The molecule has 4 rings (SSSR count). The first-order valence-electron chi connectivity index (χ1n) is 10.1. The van der Waals surface area contributed by atoms with E-state index in [1.165, 1.54) is 6.26 Å². The van der Waals surface area contributed by atoms with Crippen LogP contribution in [0.15, 0.2) is 41.1 Å². The summed E-state index contributed by atoms with van der Waals surface area (Å²) in [5.74, 6) is 0.810. The molecule has 9 nitrogen and oxygen atoms in total. The maximum absolute atomic E-state index is 13.1. The van der Waals surface area contributed by atoms with Crippen LogP contribution in [0.3, 0.4) is 0 Å². The third kappa shape index (κ3) is 4.00. The first-order valence-corrected chi connectivity index (χ1v) is 10.1. The number of carbonyl (C=O) groups excluding carboxylic acids is 3. The van der Waals surface area contributed by atoms with Gasteiger partial charge in [-0.05, 0) is 24.3 Å². The number of pyridine rings is 1. The van der Waals surface area contributed by atoms with Crippen LogP contribution in [0, 0.1) is 0 Å². The fraction of sp³-hybridized carbons (Fsp3) is 0.429. The summed E-state index contributed by atoms with van der Waals surface area (Å²) in [7, 11) is 0. The van der Waals surface area contributed by atoms with Crippen LogP contribution >= 0.6 is 0 Å². The molecule has 0 saturated carbocycles. The van der Waals surface area contributed by atoms with Gasteiger partial charge in [0.05, 0.1) is 11.8 Å². The molecule has 2 aliphatic heterocycles. The average molecular weight is 411 g/mol.